The van der Waals surface area contributed by atoms with Gasteiger partial charge in [-0.2, -0.15) is 0 Å². The van der Waals surface area contributed by atoms with Gasteiger partial charge in [0, 0.05) is 44.0 Å². The Morgan fingerprint density at radius 2 is 2.26 bits per heavy atom. The molecule has 1 fully saturated rings. The fourth-order valence-corrected chi connectivity index (χ4v) is 3.61. The number of rotatable bonds is 4. The number of amides is 1. The Morgan fingerprint density at radius 3 is 3.00 bits per heavy atom. The molecule has 27 heavy (non-hydrogen) atoms. The zero-order chi connectivity index (χ0) is 18.8. The SMILES string of the molecule is CCn1ccnc1[C@@H]1CCCN(C(=O)c2ccc(-n3cnnn3)cc2O)C1. The Bertz CT molecular complexity index is 935. The number of aryl methyl sites for hydroxylation is 1. The molecule has 9 nitrogen and oxygen atoms in total. The molecule has 0 aliphatic carbocycles. The maximum Gasteiger partial charge on any atom is 0.257 e. The van der Waals surface area contributed by atoms with Crippen molar-refractivity contribution in [1.82, 2.24) is 34.7 Å². The van der Waals surface area contributed by atoms with Crippen LogP contribution in [0.4, 0.5) is 0 Å². The zero-order valence-corrected chi connectivity index (χ0v) is 15.1. The van der Waals surface area contributed by atoms with Crippen molar-refractivity contribution in [2.75, 3.05) is 13.1 Å². The minimum Gasteiger partial charge on any atom is -0.507 e. The van der Waals surface area contributed by atoms with Crippen LogP contribution in [0.5, 0.6) is 5.75 Å². The molecule has 4 rings (SSSR count). The average Bonchev–Trinajstić information content (AvgIpc) is 3.39. The Balaban J connectivity index is 1.54. The van der Waals surface area contributed by atoms with E-state index in [0.29, 0.717) is 18.8 Å². The van der Waals surface area contributed by atoms with Crippen LogP contribution >= 0.6 is 0 Å². The van der Waals surface area contributed by atoms with Crippen molar-refractivity contribution in [2.45, 2.75) is 32.2 Å². The summed E-state index contributed by atoms with van der Waals surface area (Å²) in [6, 6.07) is 4.83. The van der Waals surface area contributed by atoms with E-state index in [-0.39, 0.29) is 23.1 Å². The zero-order valence-electron chi connectivity index (χ0n) is 15.1. The van der Waals surface area contributed by atoms with Crippen LogP contribution in [0, 0.1) is 0 Å². The van der Waals surface area contributed by atoms with Gasteiger partial charge in [0.1, 0.15) is 17.9 Å². The molecule has 1 aliphatic rings. The highest BCUT2D eigenvalue weighted by atomic mass is 16.3. The van der Waals surface area contributed by atoms with Gasteiger partial charge in [-0.15, -0.1) is 5.10 Å². The highest BCUT2D eigenvalue weighted by molar-refractivity contribution is 5.97. The van der Waals surface area contributed by atoms with Crippen LogP contribution in [0.2, 0.25) is 0 Å². The monoisotopic (exact) mass is 367 g/mol. The smallest absolute Gasteiger partial charge is 0.257 e. The number of likely N-dealkylation sites (tertiary alicyclic amines) is 1. The van der Waals surface area contributed by atoms with Crippen molar-refractivity contribution in [1.29, 1.82) is 0 Å². The summed E-state index contributed by atoms with van der Waals surface area (Å²) < 4.78 is 3.55. The molecule has 3 aromatic rings. The number of benzene rings is 1. The van der Waals surface area contributed by atoms with Gasteiger partial charge >= 0.3 is 0 Å². The van der Waals surface area contributed by atoms with Gasteiger partial charge in [-0.05, 0) is 42.3 Å². The van der Waals surface area contributed by atoms with Gasteiger partial charge in [0.25, 0.3) is 5.91 Å². The van der Waals surface area contributed by atoms with Gasteiger partial charge in [-0.1, -0.05) is 0 Å². The molecular weight excluding hydrogens is 346 g/mol. The minimum atomic E-state index is -0.171. The predicted molar refractivity (Wildman–Crippen MR) is 96.6 cm³/mol. The molecule has 0 radical (unpaired) electrons. The van der Waals surface area contributed by atoms with E-state index in [9.17, 15) is 9.90 Å². The summed E-state index contributed by atoms with van der Waals surface area (Å²) in [7, 11) is 0. The molecular formula is C18H21N7O2. The highest BCUT2D eigenvalue weighted by Gasteiger charge is 2.29. The van der Waals surface area contributed by atoms with Crippen LogP contribution in [0.3, 0.4) is 0 Å². The lowest BCUT2D eigenvalue weighted by Gasteiger charge is -2.33. The van der Waals surface area contributed by atoms with Crippen molar-refractivity contribution in [3.05, 3.63) is 48.3 Å². The summed E-state index contributed by atoms with van der Waals surface area (Å²) in [6.07, 6.45) is 7.13. The Morgan fingerprint density at radius 1 is 1.37 bits per heavy atom. The first kappa shape index (κ1) is 17.2. The summed E-state index contributed by atoms with van der Waals surface area (Å²) in [4.78, 5) is 19.3. The van der Waals surface area contributed by atoms with Crippen molar-refractivity contribution in [3.8, 4) is 11.4 Å². The fraction of sp³-hybridized carbons (Fsp3) is 0.389. The van der Waals surface area contributed by atoms with E-state index >= 15 is 0 Å². The molecule has 0 unspecified atom stereocenters. The Labute approximate surface area is 156 Å². The lowest BCUT2D eigenvalue weighted by Crippen LogP contribution is -2.39. The molecule has 0 spiro atoms. The number of aromatic hydroxyl groups is 1. The van der Waals surface area contributed by atoms with Crippen LogP contribution in [-0.4, -0.2) is 58.8 Å². The number of piperidine rings is 1. The molecule has 0 saturated carbocycles. The van der Waals surface area contributed by atoms with Crippen molar-refractivity contribution in [3.63, 3.8) is 0 Å². The van der Waals surface area contributed by atoms with Crippen LogP contribution in [0.25, 0.3) is 5.69 Å². The van der Waals surface area contributed by atoms with Gasteiger partial charge in [-0.25, -0.2) is 9.67 Å². The quantitative estimate of drug-likeness (QED) is 0.751. The van der Waals surface area contributed by atoms with Crippen molar-refractivity contribution < 1.29 is 9.90 Å². The van der Waals surface area contributed by atoms with E-state index in [1.165, 1.54) is 17.1 Å². The highest BCUT2D eigenvalue weighted by Crippen LogP contribution is 2.29. The van der Waals surface area contributed by atoms with E-state index in [2.05, 4.69) is 32.0 Å². The molecule has 1 saturated heterocycles. The lowest BCUT2D eigenvalue weighted by molar-refractivity contribution is 0.0700. The number of aromatic nitrogens is 6. The standard InChI is InChI=1S/C18H21N7O2/c1-2-23-9-7-19-17(23)13-4-3-8-24(11-13)18(27)15-6-5-14(10-16(15)26)25-12-20-21-22-25/h5-7,9-10,12-13,26H,2-4,8,11H2,1H3/t13-/m1/s1. The maximum absolute atomic E-state index is 13.0. The third kappa shape index (κ3) is 3.27. The van der Waals surface area contributed by atoms with Gasteiger partial charge in [0.2, 0.25) is 0 Å². The Kier molecular flexibility index (Phi) is 4.57. The van der Waals surface area contributed by atoms with E-state index in [1.54, 1.807) is 17.0 Å². The van der Waals surface area contributed by atoms with E-state index in [0.717, 1.165) is 25.2 Å². The molecule has 1 amide bonds. The molecule has 2 aromatic heterocycles. The number of hydrogen-bond donors (Lipinski definition) is 1. The van der Waals surface area contributed by atoms with Crippen LogP contribution in [0.1, 0.15) is 41.9 Å². The second-order valence-corrected chi connectivity index (χ2v) is 6.62. The lowest BCUT2D eigenvalue weighted by atomic mass is 9.96. The third-order valence-electron chi connectivity index (χ3n) is 4.99. The van der Waals surface area contributed by atoms with Crippen LogP contribution in [0.15, 0.2) is 36.9 Å². The summed E-state index contributed by atoms with van der Waals surface area (Å²) in [5.74, 6) is 0.980. The van der Waals surface area contributed by atoms with Gasteiger partial charge < -0.3 is 14.6 Å². The molecule has 1 aromatic carbocycles. The largest absolute Gasteiger partial charge is 0.507 e. The normalized spacial score (nSPS) is 17.2. The number of nitrogens with zero attached hydrogens (tertiary/aromatic N) is 7. The average molecular weight is 367 g/mol. The molecule has 3 heterocycles. The second kappa shape index (κ2) is 7.18. The molecule has 1 atom stereocenters. The second-order valence-electron chi connectivity index (χ2n) is 6.62. The summed E-state index contributed by atoms with van der Waals surface area (Å²) in [6.45, 7) is 4.22. The van der Waals surface area contributed by atoms with Crippen LogP contribution in [-0.2, 0) is 6.54 Å². The fourth-order valence-electron chi connectivity index (χ4n) is 3.61. The number of tetrazole rings is 1. The van der Waals surface area contributed by atoms with E-state index in [1.807, 2.05) is 12.4 Å². The number of phenolic OH excluding ortho intramolecular Hbond substituents is 1. The number of carbonyl (C=O) groups is 1. The van der Waals surface area contributed by atoms with Gasteiger partial charge in [0.15, 0.2) is 0 Å². The molecule has 0 bridgehead atoms. The van der Waals surface area contributed by atoms with E-state index in [4.69, 9.17) is 0 Å². The number of phenols is 1. The van der Waals surface area contributed by atoms with Crippen LogP contribution < -0.4 is 0 Å². The minimum absolute atomic E-state index is 0.0785. The summed E-state index contributed by atoms with van der Waals surface area (Å²) in [5, 5.41) is 21.3. The summed E-state index contributed by atoms with van der Waals surface area (Å²) >= 11 is 0. The third-order valence-corrected chi connectivity index (χ3v) is 4.99. The van der Waals surface area contributed by atoms with Crippen molar-refractivity contribution in [2.24, 2.45) is 0 Å². The molecule has 140 valence electrons. The first-order valence-corrected chi connectivity index (χ1v) is 9.04. The van der Waals surface area contributed by atoms with Crippen molar-refractivity contribution >= 4 is 5.91 Å². The molecule has 1 aliphatic heterocycles. The maximum atomic E-state index is 13.0. The predicted octanol–water partition coefficient (Wildman–Crippen LogP) is 1.60. The topological polar surface area (TPSA) is 102 Å². The number of imidazole rings is 1. The summed E-state index contributed by atoms with van der Waals surface area (Å²) in [5.41, 5.74) is 0.877. The van der Waals surface area contributed by atoms with Gasteiger partial charge in [0.05, 0.1) is 11.3 Å². The number of carbonyl (C=O) groups excluding carboxylic acids is 1. The van der Waals surface area contributed by atoms with E-state index < -0.39 is 0 Å². The molecule has 1 N–H and O–H groups in total. The number of hydrogen-bond acceptors (Lipinski definition) is 6. The molecule has 9 heteroatoms. The first-order valence-electron chi connectivity index (χ1n) is 9.04. The van der Waals surface area contributed by atoms with Gasteiger partial charge in [-0.3, -0.25) is 4.79 Å². The Hall–Kier alpha value is -3.23. The first-order chi connectivity index (χ1) is 13.2.